The number of nitrogens with zero attached hydrogens (tertiary/aromatic N) is 2. The molecule has 0 fully saturated rings. The zero-order valence-electron chi connectivity index (χ0n) is 9.99. The largest absolute Gasteiger partial charge is 0.347 e. The number of hydrogen-bond donors (Lipinski definition) is 1. The Morgan fingerprint density at radius 1 is 1.50 bits per heavy atom. The average Bonchev–Trinajstić information content (AvgIpc) is 2.66. The van der Waals surface area contributed by atoms with E-state index in [0.29, 0.717) is 6.54 Å². The summed E-state index contributed by atoms with van der Waals surface area (Å²) in [6, 6.07) is 1.96. The molecule has 2 rings (SSSR count). The maximum absolute atomic E-state index is 12.0. The fraction of sp³-hybridized carbons (Fsp3) is 0.583. The molecule has 2 N–H and O–H groups in total. The van der Waals surface area contributed by atoms with Gasteiger partial charge in [-0.05, 0) is 25.3 Å². The van der Waals surface area contributed by atoms with Gasteiger partial charge in [0.1, 0.15) is 0 Å². The lowest BCUT2D eigenvalue weighted by Gasteiger charge is -2.19. The third kappa shape index (κ3) is 1.73. The van der Waals surface area contributed by atoms with Crippen LogP contribution in [0.2, 0.25) is 0 Å². The van der Waals surface area contributed by atoms with Crippen molar-refractivity contribution in [2.45, 2.75) is 32.4 Å². The molecule has 1 amide bonds. The van der Waals surface area contributed by atoms with Crippen LogP contribution < -0.4 is 5.73 Å². The maximum Gasteiger partial charge on any atom is 0.255 e. The van der Waals surface area contributed by atoms with Gasteiger partial charge < -0.3 is 15.2 Å². The minimum Gasteiger partial charge on any atom is -0.347 e. The second-order valence-electron chi connectivity index (χ2n) is 4.51. The van der Waals surface area contributed by atoms with E-state index in [-0.39, 0.29) is 5.91 Å². The van der Waals surface area contributed by atoms with E-state index >= 15 is 0 Å². The summed E-state index contributed by atoms with van der Waals surface area (Å²) in [7, 11) is 3.58. The third-order valence-corrected chi connectivity index (χ3v) is 3.19. The van der Waals surface area contributed by atoms with Gasteiger partial charge >= 0.3 is 0 Å². The molecule has 4 heteroatoms. The average molecular weight is 221 g/mol. The molecule has 4 nitrogen and oxygen atoms in total. The molecule has 0 saturated heterocycles. The van der Waals surface area contributed by atoms with Crippen LogP contribution in [-0.2, 0) is 19.5 Å². The lowest BCUT2D eigenvalue weighted by atomic mass is 10.1. The standard InChI is InChI=1S/C12H19N3O/c1-14(2)12(16)10-7-9(8-13)15-6-4-3-5-11(10)15/h7H,3-6,8,13H2,1-2H3. The number of rotatable bonds is 2. The van der Waals surface area contributed by atoms with Crippen LogP contribution in [0.1, 0.15) is 34.6 Å². The first-order chi connectivity index (χ1) is 7.65. The van der Waals surface area contributed by atoms with E-state index in [0.717, 1.165) is 24.2 Å². The highest BCUT2D eigenvalue weighted by Gasteiger charge is 2.22. The van der Waals surface area contributed by atoms with E-state index in [1.807, 2.05) is 6.07 Å². The van der Waals surface area contributed by atoms with E-state index < -0.39 is 0 Å². The monoisotopic (exact) mass is 221 g/mol. The van der Waals surface area contributed by atoms with Crippen LogP contribution in [0.5, 0.6) is 0 Å². The molecule has 0 spiro atoms. The van der Waals surface area contributed by atoms with Crippen molar-refractivity contribution in [1.82, 2.24) is 9.47 Å². The summed E-state index contributed by atoms with van der Waals surface area (Å²) in [4.78, 5) is 13.6. The zero-order chi connectivity index (χ0) is 11.7. The third-order valence-electron chi connectivity index (χ3n) is 3.19. The Morgan fingerprint density at radius 2 is 2.25 bits per heavy atom. The second-order valence-corrected chi connectivity index (χ2v) is 4.51. The van der Waals surface area contributed by atoms with Crippen molar-refractivity contribution in [2.24, 2.45) is 5.73 Å². The lowest BCUT2D eigenvalue weighted by Crippen LogP contribution is -2.23. The quantitative estimate of drug-likeness (QED) is 0.809. The number of amides is 1. The summed E-state index contributed by atoms with van der Waals surface area (Å²) in [5, 5.41) is 0. The van der Waals surface area contributed by atoms with Crippen molar-refractivity contribution in [3.63, 3.8) is 0 Å². The molecule has 88 valence electrons. The van der Waals surface area contributed by atoms with Crippen LogP contribution in [0.15, 0.2) is 6.07 Å². The van der Waals surface area contributed by atoms with Gasteiger partial charge in [0.15, 0.2) is 0 Å². The van der Waals surface area contributed by atoms with Gasteiger partial charge in [0.2, 0.25) is 0 Å². The summed E-state index contributed by atoms with van der Waals surface area (Å²) in [5.74, 6) is 0.0883. The van der Waals surface area contributed by atoms with E-state index in [1.54, 1.807) is 19.0 Å². The number of aromatic nitrogens is 1. The van der Waals surface area contributed by atoms with Gasteiger partial charge in [-0.1, -0.05) is 0 Å². The minimum atomic E-state index is 0.0883. The molecule has 0 radical (unpaired) electrons. The fourth-order valence-electron chi connectivity index (χ4n) is 2.35. The number of hydrogen-bond acceptors (Lipinski definition) is 2. The van der Waals surface area contributed by atoms with E-state index in [2.05, 4.69) is 4.57 Å². The minimum absolute atomic E-state index is 0.0883. The molecule has 0 aliphatic carbocycles. The highest BCUT2D eigenvalue weighted by Crippen LogP contribution is 2.24. The van der Waals surface area contributed by atoms with Crippen molar-refractivity contribution in [3.8, 4) is 0 Å². The van der Waals surface area contributed by atoms with Crippen LogP contribution >= 0.6 is 0 Å². The molecule has 16 heavy (non-hydrogen) atoms. The van der Waals surface area contributed by atoms with Crippen molar-refractivity contribution in [2.75, 3.05) is 14.1 Å². The number of carbonyl (C=O) groups excluding carboxylic acids is 1. The number of carbonyl (C=O) groups is 1. The zero-order valence-corrected chi connectivity index (χ0v) is 9.99. The van der Waals surface area contributed by atoms with Crippen molar-refractivity contribution >= 4 is 5.91 Å². The first-order valence-corrected chi connectivity index (χ1v) is 5.78. The molecule has 1 aliphatic rings. The topological polar surface area (TPSA) is 51.3 Å². The van der Waals surface area contributed by atoms with Crippen molar-refractivity contribution in [1.29, 1.82) is 0 Å². The highest BCUT2D eigenvalue weighted by atomic mass is 16.2. The van der Waals surface area contributed by atoms with Crippen molar-refractivity contribution < 1.29 is 4.79 Å². The van der Waals surface area contributed by atoms with Gasteiger partial charge in [-0.15, -0.1) is 0 Å². The molecule has 0 bridgehead atoms. The SMILES string of the molecule is CN(C)C(=O)c1cc(CN)n2c1CCCC2. The summed E-state index contributed by atoms with van der Waals surface area (Å²) >= 11 is 0. The molecular formula is C12H19N3O. The summed E-state index contributed by atoms with van der Waals surface area (Å²) in [5.41, 5.74) is 8.81. The summed E-state index contributed by atoms with van der Waals surface area (Å²) < 4.78 is 2.22. The summed E-state index contributed by atoms with van der Waals surface area (Å²) in [6.07, 6.45) is 3.35. The number of fused-ring (bicyclic) bond motifs is 1. The van der Waals surface area contributed by atoms with Gasteiger partial charge in [-0.25, -0.2) is 0 Å². The first kappa shape index (κ1) is 11.2. The molecule has 1 aromatic heterocycles. The Balaban J connectivity index is 2.46. The highest BCUT2D eigenvalue weighted by molar-refractivity contribution is 5.95. The predicted octanol–water partition coefficient (Wildman–Crippen LogP) is 0.985. The van der Waals surface area contributed by atoms with E-state index in [4.69, 9.17) is 5.73 Å². The first-order valence-electron chi connectivity index (χ1n) is 5.78. The van der Waals surface area contributed by atoms with Crippen LogP contribution in [0.3, 0.4) is 0 Å². The molecule has 0 aromatic carbocycles. The van der Waals surface area contributed by atoms with Gasteiger partial charge in [-0.2, -0.15) is 0 Å². The molecule has 2 heterocycles. The van der Waals surface area contributed by atoms with Gasteiger partial charge in [0.05, 0.1) is 5.56 Å². The van der Waals surface area contributed by atoms with Gasteiger partial charge in [0.25, 0.3) is 5.91 Å². The van der Waals surface area contributed by atoms with E-state index in [9.17, 15) is 4.79 Å². The molecule has 0 saturated carbocycles. The second kappa shape index (κ2) is 4.29. The normalized spacial score (nSPS) is 14.7. The number of nitrogens with two attached hydrogens (primary N) is 1. The van der Waals surface area contributed by atoms with Crippen LogP contribution in [0.4, 0.5) is 0 Å². The fourth-order valence-corrected chi connectivity index (χ4v) is 2.35. The Kier molecular flexibility index (Phi) is 3.01. The summed E-state index contributed by atoms with van der Waals surface area (Å²) in [6.45, 7) is 1.51. The lowest BCUT2D eigenvalue weighted by molar-refractivity contribution is 0.0826. The predicted molar refractivity (Wildman–Crippen MR) is 63.3 cm³/mol. The van der Waals surface area contributed by atoms with Crippen LogP contribution in [0.25, 0.3) is 0 Å². The molecule has 1 aromatic rings. The van der Waals surface area contributed by atoms with Crippen LogP contribution in [0, 0.1) is 0 Å². The Bertz CT molecular complexity index is 407. The Labute approximate surface area is 96.0 Å². The smallest absolute Gasteiger partial charge is 0.255 e. The Morgan fingerprint density at radius 3 is 2.88 bits per heavy atom. The molecule has 0 unspecified atom stereocenters. The molecule has 1 aliphatic heterocycles. The van der Waals surface area contributed by atoms with Gasteiger partial charge in [-0.3, -0.25) is 4.79 Å². The molecular weight excluding hydrogens is 202 g/mol. The van der Waals surface area contributed by atoms with Crippen LogP contribution in [-0.4, -0.2) is 29.5 Å². The molecule has 0 atom stereocenters. The van der Waals surface area contributed by atoms with E-state index in [1.165, 1.54) is 18.5 Å². The van der Waals surface area contributed by atoms with Gasteiger partial charge in [0, 0.05) is 38.6 Å². The Hall–Kier alpha value is -1.29. The van der Waals surface area contributed by atoms with Crippen molar-refractivity contribution in [3.05, 3.63) is 23.0 Å². The maximum atomic E-state index is 12.0.